The molecule has 1 aromatic carbocycles. The number of rotatable bonds is 4. The van der Waals surface area contributed by atoms with Crippen molar-refractivity contribution in [2.45, 2.75) is 27.2 Å². The van der Waals surface area contributed by atoms with Crippen molar-refractivity contribution in [1.29, 1.82) is 0 Å². The summed E-state index contributed by atoms with van der Waals surface area (Å²) in [7, 11) is 0. The molecule has 0 unspecified atom stereocenters. The summed E-state index contributed by atoms with van der Waals surface area (Å²) < 4.78 is 5.55. The van der Waals surface area contributed by atoms with Gasteiger partial charge in [-0.25, -0.2) is 0 Å². The summed E-state index contributed by atoms with van der Waals surface area (Å²) in [5.41, 5.74) is 2.51. The lowest BCUT2D eigenvalue weighted by Gasteiger charge is -2.06. The molecule has 0 N–H and O–H groups in total. The normalized spacial score (nSPS) is 10.1. The number of unbranched alkanes of at least 4 members (excludes halogenated alkanes) is 1. The fourth-order valence-corrected chi connectivity index (χ4v) is 1.29. The number of aryl methyl sites for hydroxylation is 2. The number of hydrogen-bond acceptors (Lipinski definition) is 1. The van der Waals surface area contributed by atoms with Crippen LogP contribution >= 0.6 is 0 Å². The molecule has 13 heavy (non-hydrogen) atoms. The van der Waals surface area contributed by atoms with Gasteiger partial charge in [0.05, 0.1) is 6.61 Å². The summed E-state index contributed by atoms with van der Waals surface area (Å²) in [6, 6.07) is 6.28. The van der Waals surface area contributed by atoms with Crippen molar-refractivity contribution < 1.29 is 4.74 Å². The Kier molecular flexibility index (Phi) is 3.81. The standard InChI is InChI=1S/C12H17O/c1-4-5-6-13-12-8-10(2)7-11(3)9-12/h5,7-9H,4,6H2,1-3H3. The van der Waals surface area contributed by atoms with Gasteiger partial charge in [0.15, 0.2) is 0 Å². The van der Waals surface area contributed by atoms with Gasteiger partial charge in [0.2, 0.25) is 0 Å². The fourth-order valence-electron chi connectivity index (χ4n) is 1.29. The number of hydrogen-bond donors (Lipinski definition) is 0. The molecular formula is C12H17O. The largest absolute Gasteiger partial charge is 0.493 e. The van der Waals surface area contributed by atoms with Crippen LogP contribution in [0, 0.1) is 20.3 Å². The Morgan fingerprint density at radius 1 is 1.15 bits per heavy atom. The van der Waals surface area contributed by atoms with Crippen LogP contribution < -0.4 is 4.74 Å². The lowest BCUT2D eigenvalue weighted by atomic mass is 10.1. The zero-order valence-corrected chi connectivity index (χ0v) is 8.63. The molecule has 0 heterocycles. The smallest absolute Gasteiger partial charge is 0.119 e. The highest BCUT2D eigenvalue weighted by Crippen LogP contribution is 2.16. The maximum atomic E-state index is 5.55. The summed E-state index contributed by atoms with van der Waals surface area (Å²) in [6.45, 7) is 7.00. The molecule has 0 fully saturated rings. The lowest BCUT2D eigenvalue weighted by molar-refractivity contribution is 0.345. The summed E-state index contributed by atoms with van der Waals surface area (Å²) in [5, 5.41) is 0. The Hall–Kier alpha value is -0.980. The molecule has 0 aliphatic rings. The highest BCUT2D eigenvalue weighted by Gasteiger charge is 1.95. The molecule has 0 aliphatic heterocycles. The third-order valence-electron chi connectivity index (χ3n) is 1.85. The Balaban J connectivity index is 2.56. The molecule has 1 heteroatoms. The van der Waals surface area contributed by atoms with Gasteiger partial charge >= 0.3 is 0 Å². The molecule has 1 nitrogen and oxygen atoms in total. The van der Waals surface area contributed by atoms with Crippen LogP contribution in [-0.2, 0) is 0 Å². The summed E-state index contributed by atoms with van der Waals surface area (Å²) in [5.74, 6) is 0.974. The van der Waals surface area contributed by atoms with Crippen LogP contribution in [0.2, 0.25) is 0 Å². The minimum atomic E-state index is 0.708. The summed E-state index contributed by atoms with van der Waals surface area (Å²) >= 11 is 0. The van der Waals surface area contributed by atoms with Gasteiger partial charge in [-0.2, -0.15) is 0 Å². The lowest BCUT2D eigenvalue weighted by Crippen LogP contribution is -1.97. The molecule has 1 rings (SSSR count). The van der Waals surface area contributed by atoms with Crippen molar-refractivity contribution in [3.05, 3.63) is 35.7 Å². The van der Waals surface area contributed by atoms with Gasteiger partial charge in [0.1, 0.15) is 5.75 Å². The van der Waals surface area contributed by atoms with Gasteiger partial charge in [-0.15, -0.1) is 0 Å². The zero-order chi connectivity index (χ0) is 9.68. The molecule has 1 aromatic rings. The SMILES string of the molecule is CC[CH]COc1cc(C)cc(C)c1. The van der Waals surface area contributed by atoms with Crippen LogP contribution in [0.3, 0.4) is 0 Å². The van der Waals surface area contributed by atoms with Crippen LogP contribution in [0.25, 0.3) is 0 Å². The van der Waals surface area contributed by atoms with E-state index >= 15 is 0 Å². The molecule has 0 saturated heterocycles. The van der Waals surface area contributed by atoms with E-state index in [1.165, 1.54) is 11.1 Å². The molecule has 0 aliphatic carbocycles. The van der Waals surface area contributed by atoms with Crippen molar-refractivity contribution in [3.8, 4) is 5.75 Å². The van der Waals surface area contributed by atoms with E-state index in [0.29, 0.717) is 6.61 Å². The second kappa shape index (κ2) is 4.90. The van der Waals surface area contributed by atoms with Gasteiger partial charge in [-0.05, 0) is 49.9 Å². The molecule has 0 saturated carbocycles. The first-order chi connectivity index (χ1) is 6.22. The molecule has 71 valence electrons. The number of benzene rings is 1. The predicted octanol–water partition coefficient (Wildman–Crippen LogP) is 3.30. The molecule has 0 atom stereocenters. The van der Waals surface area contributed by atoms with Crippen LogP contribution in [0.1, 0.15) is 24.5 Å². The minimum absolute atomic E-state index is 0.708. The third-order valence-corrected chi connectivity index (χ3v) is 1.85. The second-order valence-corrected chi connectivity index (χ2v) is 3.33. The average molecular weight is 177 g/mol. The van der Waals surface area contributed by atoms with E-state index in [1.54, 1.807) is 0 Å². The van der Waals surface area contributed by atoms with Crippen LogP contribution in [0.15, 0.2) is 18.2 Å². The van der Waals surface area contributed by atoms with E-state index in [2.05, 4.69) is 45.4 Å². The minimum Gasteiger partial charge on any atom is -0.493 e. The molecule has 0 spiro atoms. The Morgan fingerprint density at radius 2 is 1.77 bits per heavy atom. The third kappa shape index (κ3) is 3.49. The highest BCUT2D eigenvalue weighted by molar-refractivity contribution is 5.33. The van der Waals surface area contributed by atoms with E-state index in [0.717, 1.165) is 12.2 Å². The first-order valence-corrected chi connectivity index (χ1v) is 4.75. The Morgan fingerprint density at radius 3 is 2.31 bits per heavy atom. The van der Waals surface area contributed by atoms with Crippen molar-refractivity contribution in [2.75, 3.05) is 6.61 Å². The Labute approximate surface area is 80.7 Å². The van der Waals surface area contributed by atoms with E-state index in [-0.39, 0.29) is 0 Å². The van der Waals surface area contributed by atoms with Crippen molar-refractivity contribution in [1.82, 2.24) is 0 Å². The maximum Gasteiger partial charge on any atom is 0.119 e. The van der Waals surface area contributed by atoms with Gasteiger partial charge in [-0.3, -0.25) is 0 Å². The van der Waals surface area contributed by atoms with Crippen molar-refractivity contribution in [3.63, 3.8) is 0 Å². The number of ether oxygens (including phenoxy) is 1. The summed E-state index contributed by atoms with van der Waals surface area (Å²) in [6.07, 6.45) is 3.18. The van der Waals surface area contributed by atoms with E-state index in [4.69, 9.17) is 4.74 Å². The summed E-state index contributed by atoms with van der Waals surface area (Å²) in [4.78, 5) is 0. The van der Waals surface area contributed by atoms with Gasteiger partial charge < -0.3 is 4.74 Å². The van der Waals surface area contributed by atoms with E-state index in [9.17, 15) is 0 Å². The van der Waals surface area contributed by atoms with Crippen molar-refractivity contribution in [2.24, 2.45) is 0 Å². The van der Waals surface area contributed by atoms with E-state index < -0.39 is 0 Å². The quantitative estimate of drug-likeness (QED) is 0.641. The first kappa shape index (κ1) is 10.1. The Bertz CT molecular complexity index is 246. The molecule has 0 aromatic heterocycles. The molecule has 0 amide bonds. The highest BCUT2D eigenvalue weighted by atomic mass is 16.5. The van der Waals surface area contributed by atoms with Crippen LogP contribution in [0.5, 0.6) is 5.75 Å². The second-order valence-electron chi connectivity index (χ2n) is 3.33. The molecule has 0 bridgehead atoms. The topological polar surface area (TPSA) is 9.23 Å². The van der Waals surface area contributed by atoms with Gasteiger partial charge in [0.25, 0.3) is 0 Å². The molecular weight excluding hydrogens is 160 g/mol. The monoisotopic (exact) mass is 177 g/mol. The zero-order valence-electron chi connectivity index (χ0n) is 8.63. The molecule has 1 radical (unpaired) electrons. The first-order valence-electron chi connectivity index (χ1n) is 4.75. The maximum absolute atomic E-state index is 5.55. The fraction of sp³-hybridized carbons (Fsp3) is 0.417. The predicted molar refractivity (Wildman–Crippen MR) is 56.0 cm³/mol. The average Bonchev–Trinajstić information content (AvgIpc) is 2.03. The van der Waals surface area contributed by atoms with Crippen LogP contribution in [-0.4, -0.2) is 6.61 Å². The van der Waals surface area contributed by atoms with Crippen molar-refractivity contribution >= 4 is 0 Å². The van der Waals surface area contributed by atoms with Gasteiger partial charge in [0, 0.05) is 0 Å². The van der Waals surface area contributed by atoms with E-state index in [1.807, 2.05) is 0 Å². The van der Waals surface area contributed by atoms with Gasteiger partial charge in [-0.1, -0.05) is 13.0 Å². The van der Waals surface area contributed by atoms with Crippen LogP contribution in [0.4, 0.5) is 0 Å².